The van der Waals surface area contributed by atoms with Crippen LogP contribution in [-0.2, 0) is 47.4 Å². The molecule has 0 bridgehead atoms. The van der Waals surface area contributed by atoms with Crippen LogP contribution in [-0.4, -0.2) is 122 Å². The molecule has 1 N–H and O–H groups in total. The summed E-state index contributed by atoms with van der Waals surface area (Å²) in [5, 5.41) is 12.2. The average molecular weight is 1070 g/mol. The zero-order chi connectivity index (χ0) is 55.1. The third kappa shape index (κ3) is 13.8. The Hall–Kier alpha value is -9.33. The number of rotatable bonds is 18. The Bertz CT molecular complexity index is 3170. The Morgan fingerprint density at radius 3 is 0.848 bits per heavy atom. The molecular formula is C61H50O18. The van der Waals surface area contributed by atoms with E-state index in [1.165, 1.54) is 84.9 Å². The van der Waals surface area contributed by atoms with Crippen molar-refractivity contribution in [3.05, 3.63) is 251 Å². The van der Waals surface area contributed by atoms with Crippen LogP contribution in [0, 0.1) is 0 Å². The van der Waals surface area contributed by atoms with E-state index in [4.69, 9.17) is 47.4 Å². The lowest BCUT2D eigenvalue weighted by Crippen LogP contribution is -2.67. The smallest absolute Gasteiger partial charge is 0.338 e. The Morgan fingerprint density at radius 2 is 0.544 bits per heavy atom. The Labute approximate surface area is 452 Å². The van der Waals surface area contributed by atoms with Crippen LogP contribution >= 0.6 is 0 Å². The summed E-state index contributed by atoms with van der Waals surface area (Å²) in [4.78, 5) is 98.3. The molecule has 9 rings (SSSR count). The molecule has 2 saturated heterocycles. The second-order valence-corrected chi connectivity index (χ2v) is 17.8. The molecule has 18 heteroatoms. The number of aliphatic hydroxyl groups excluding tert-OH is 1. The number of hydrogen-bond donors (Lipinski definition) is 1. The monoisotopic (exact) mass is 1070 g/mol. The third-order valence-corrected chi connectivity index (χ3v) is 12.5. The maximum Gasteiger partial charge on any atom is 0.338 e. The van der Waals surface area contributed by atoms with Gasteiger partial charge in [0.05, 0.1) is 38.9 Å². The molecule has 2 aliphatic heterocycles. The number of carbonyl (C=O) groups is 7. The highest BCUT2D eigenvalue weighted by Gasteiger charge is 2.58. The fraction of sp³-hybridized carbons (Fsp3) is 0.197. The number of hydrogen-bond acceptors (Lipinski definition) is 18. The van der Waals surface area contributed by atoms with Crippen molar-refractivity contribution in [1.82, 2.24) is 0 Å². The maximum atomic E-state index is 14.4. The second kappa shape index (κ2) is 26.1. The molecular weight excluding hydrogens is 1020 g/mol. The SMILES string of the molecule is O=C(OC[C@H]1O[C@H](O[C@H]2[C@@H](OC(=O)c3ccccc3)[C@H](OC(=O)c3ccccc3)[C@@H](COC(=O)c3ccccc3)O[C@@H]2O)[C@@H](OC(=O)c2ccccc2)[C@@H](OC(=O)c2ccccc2)[C@@H]1OC(=O)c1ccccc1)c1ccccc1. The topological polar surface area (TPSA) is 232 Å². The molecule has 0 aliphatic carbocycles. The summed E-state index contributed by atoms with van der Waals surface area (Å²) in [6.07, 6.45) is -19.0. The maximum absolute atomic E-state index is 14.4. The molecule has 7 aromatic rings. The van der Waals surface area contributed by atoms with E-state index in [1.54, 1.807) is 127 Å². The predicted molar refractivity (Wildman–Crippen MR) is 276 cm³/mol. The van der Waals surface area contributed by atoms with Crippen molar-refractivity contribution < 1.29 is 86.0 Å². The Kier molecular flexibility index (Phi) is 18.0. The van der Waals surface area contributed by atoms with Crippen molar-refractivity contribution in [2.24, 2.45) is 0 Å². The first kappa shape index (κ1) is 54.5. The number of aliphatic hydroxyl groups is 1. The fourth-order valence-electron chi connectivity index (χ4n) is 8.59. The lowest BCUT2D eigenvalue weighted by Gasteiger charge is -2.48. The zero-order valence-corrected chi connectivity index (χ0v) is 41.8. The molecule has 0 aromatic heterocycles. The van der Waals surface area contributed by atoms with E-state index in [9.17, 15) is 38.7 Å². The fourth-order valence-corrected chi connectivity index (χ4v) is 8.59. The standard InChI is InChI=1S/C61H50O18/c62-53(38-22-8-1-9-23-38)70-36-45-47(74-55(64)40-26-12-3-13-27-40)49(76-57(66)42-30-16-5-17-31-42)51(60(69)72-45)79-61-52(78-59(68)44-34-20-7-21-35-44)50(77-58(67)43-32-18-6-19-33-43)48(75-56(65)41-28-14-4-15-29-41)46(73-61)37-71-54(63)39-24-10-2-11-25-39/h1-35,45-52,60-61,69H,36-37H2/t45-,46-,47-,48-,49+,50+,51+,52+,60+,61-/m1/s1. The first-order valence-electron chi connectivity index (χ1n) is 24.9. The van der Waals surface area contributed by atoms with Gasteiger partial charge in [-0.25, -0.2) is 33.6 Å². The van der Waals surface area contributed by atoms with Gasteiger partial charge in [-0.3, -0.25) is 0 Å². The predicted octanol–water partition coefficient (Wildman–Crippen LogP) is 7.66. The van der Waals surface area contributed by atoms with Gasteiger partial charge in [-0.05, 0) is 84.9 Å². The number of ether oxygens (including phenoxy) is 10. The molecule has 18 nitrogen and oxygen atoms in total. The van der Waals surface area contributed by atoms with Gasteiger partial charge in [-0.15, -0.1) is 0 Å². The number of carbonyl (C=O) groups excluding carboxylic acids is 7. The first-order valence-corrected chi connectivity index (χ1v) is 24.9. The summed E-state index contributed by atoms with van der Waals surface area (Å²) in [6, 6.07) is 54.2. The van der Waals surface area contributed by atoms with Gasteiger partial charge < -0.3 is 52.5 Å². The highest BCUT2D eigenvalue weighted by atomic mass is 16.8. The van der Waals surface area contributed by atoms with Gasteiger partial charge in [0.1, 0.15) is 25.4 Å². The minimum atomic E-state index is -2.21. The Morgan fingerprint density at radius 1 is 0.304 bits per heavy atom. The van der Waals surface area contributed by atoms with Crippen molar-refractivity contribution in [3.8, 4) is 0 Å². The van der Waals surface area contributed by atoms with E-state index in [0.29, 0.717) is 0 Å². The molecule has 0 amide bonds. The molecule has 2 heterocycles. The average Bonchev–Trinajstić information content (AvgIpc) is 3.58. The minimum absolute atomic E-state index is 0.00210. The van der Waals surface area contributed by atoms with E-state index in [1.807, 2.05) is 0 Å². The van der Waals surface area contributed by atoms with Crippen LogP contribution in [0.1, 0.15) is 72.5 Å². The molecule has 7 aromatic carbocycles. The van der Waals surface area contributed by atoms with Gasteiger partial charge >= 0.3 is 41.8 Å². The van der Waals surface area contributed by atoms with Crippen LogP contribution < -0.4 is 0 Å². The zero-order valence-electron chi connectivity index (χ0n) is 41.8. The highest BCUT2D eigenvalue weighted by molar-refractivity contribution is 5.93. The van der Waals surface area contributed by atoms with Gasteiger partial charge in [0.2, 0.25) is 0 Å². The molecule has 0 spiro atoms. The van der Waals surface area contributed by atoms with Crippen LogP contribution in [0.5, 0.6) is 0 Å². The van der Waals surface area contributed by atoms with E-state index >= 15 is 0 Å². The van der Waals surface area contributed by atoms with Crippen LogP contribution in [0.4, 0.5) is 0 Å². The van der Waals surface area contributed by atoms with Gasteiger partial charge in [0, 0.05) is 0 Å². The van der Waals surface area contributed by atoms with Crippen LogP contribution in [0.3, 0.4) is 0 Å². The molecule has 79 heavy (non-hydrogen) atoms. The third-order valence-electron chi connectivity index (χ3n) is 12.5. The van der Waals surface area contributed by atoms with E-state index < -0.39 is 116 Å². The lowest BCUT2D eigenvalue weighted by atomic mass is 9.96. The quantitative estimate of drug-likeness (QED) is 0.0642. The minimum Gasteiger partial charge on any atom is -0.459 e. The molecule has 0 unspecified atom stereocenters. The molecule has 0 saturated carbocycles. The van der Waals surface area contributed by atoms with Crippen LogP contribution in [0.2, 0.25) is 0 Å². The first-order chi connectivity index (χ1) is 38.5. The highest BCUT2D eigenvalue weighted by Crippen LogP contribution is 2.36. The van der Waals surface area contributed by atoms with Crippen molar-refractivity contribution in [3.63, 3.8) is 0 Å². The summed E-state index contributed by atoms with van der Waals surface area (Å²) in [6.45, 7) is -1.44. The Balaban J connectivity index is 1.16. The number of esters is 7. The van der Waals surface area contributed by atoms with Crippen molar-refractivity contribution in [1.29, 1.82) is 0 Å². The van der Waals surface area contributed by atoms with E-state index in [0.717, 1.165) is 0 Å². The van der Waals surface area contributed by atoms with Crippen molar-refractivity contribution in [2.75, 3.05) is 13.2 Å². The molecule has 2 fully saturated rings. The van der Waals surface area contributed by atoms with E-state index in [2.05, 4.69) is 0 Å². The van der Waals surface area contributed by atoms with Gasteiger partial charge in [-0.1, -0.05) is 127 Å². The molecule has 10 atom stereocenters. The van der Waals surface area contributed by atoms with Gasteiger partial charge in [0.25, 0.3) is 0 Å². The van der Waals surface area contributed by atoms with Gasteiger partial charge in [0.15, 0.2) is 49.2 Å². The molecule has 402 valence electrons. The van der Waals surface area contributed by atoms with Gasteiger partial charge in [-0.2, -0.15) is 0 Å². The summed E-state index contributed by atoms with van der Waals surface area (Å²) in [5.41, 5.74) is 0.342. The lowest BCUT2D eigenvalue weighted by molar-refractivity contribution is -0.358. The molecule has 0 radical (unpaired) electrons. The summed E-state index contributed by atoms with van der Waals surface area (Å²) in [5.74, 6) is -6.66. The number of benzene rings is 7. The summed E-state index contributed by atoms with van der Waals surface area (Å²) < 4.78 is 61.7. The van der Waals surface area contributed by atoms with Crippen molar-refractivity contribution in [2.45, 2.75) is 61.4 Å². The van der Waals surface area contributed by atoms with Crippen molar-refractivity contribution >= 4 is 41.8 Å². The largest absolute Gasteiger partial charge is 0.459 e. The summed E-state index contributed by atoms with van der Waals surface area (Å²) in [7, 11) is 0. The second-order valence-electron chi connectivity index (χ2n) is 17.8. The molecule has 2 aliphatic rings. The normalized spacial score (nSPS) is 22.4. The van der Waals surface area contributed by atoms with E-state index in [-0.39, 0.29) is 38.9 Å². The van der Waals surface area contributed by atoms with Crippen LogP contribution in [0.25, 0.3) is 0 Å². The van der Waals surface area contributed by atoms with Crippen LogP contribution in [0.15, 0.2) is 212 Å². The summed E-state index contributed by atoms with van der Waals surface area (Å²) >= 11 is 0.